The van der Waals surface area contributed by atoms with E-state index < -0.39 is 5.91 Å². The van der Waals surface area contributed by atoms with E-state index in [-0.39, 0.29) is 18.4 Å². The number of primary amides is 1. The highest BCUT2D eigenvalue weighted by Gasteiger charge is 2.33. The van der Waals surface area contributed by atoms with Crippen molar-refractivity contribution in [1.82, 2.24) is 9.78 Å². The second-order valence-electron chi connectivity index (χ2n) is 7.07. The molecule has 2 heterocycles. The molecule has 8 nitrogen and oxygen atoms in total. The summed E-state index contributed by atoms with van der Waals surface area (Å²) in [5.74, 6) is 0.709. The van der Waals surface area contributed by atoms with Gasteiger partial charge in [0, 0.05) is 17.9 Å². The Bertz CT molecular complexity index is 1110. The van der Waals surface area contributed by atoms with Crippen molar-refractivity contribution in [3.63, 3.8) is 0 Å². The van der Waals surface area contributed by atoms with Crippen LogP contribution in [0.5, 0.6) is 11.5 Å². The summed E-state index contributed by atoms with van der Waals surface area (Å²) in [5, 5.41) is 7.65. The van der Waals surface area contributed by atoms with Crippen LogP contribution in [0.2, 0.25) is 0 Å². The molecular weight excluding hydrogens is 384 g/mol. The number of fused-ring (bicyclic) bond motifs is 1. The van der Waals surface area contributed by atoms with Gasteiger partial charge in [0.2, 0.25) is 5.91 Å². The lowest BCUT2D eigenvalue weighted by atomic mass is 9.85. The first kappa shape index (κ1) is 19.5. The minimum absolute atomic E-state index is 0.0856. The molecule has 0 aliphatic carbocycles. The summed E-state index contributed by atoms with van der Waals surface area (Å²) in [4.78, 5) is 23.6. The molecule has 3 N–H and O–H groups in total. The number of carbonyl (C=O) groups excluding carboxylic acids is 2. The van der Waals surface area contributed by atoms with Crippen LogP contribution in [-0.2, 0) is 9.59 Å². The number of benzene rings is 2. The quantitative estimate of drug-likeness (QED) is 0.654. The number of para-hydroxylation sites is 1. The van der Waals surface area contributed by atoms with Gasteiger partial charge < -0.3 is 20.5 Å². The zero-order valence-electron chi connectivity index (χ0n) is 16.7. The minimum atomic E-state index is -0.571. The zero-order chi connectivity index (χ0) is 21.3. The fraction of sp³-hybridized carbons (Fsp3) is 0.227. The number of nitrogens with zero attached hydrogens (tertiary/aromatic N) is 2. The monoisotopic (exact) mass is 406 g/mol. The number of aryl methyl sites for hydroxylation is 1. The lowest BCUT2D eigenvalue weighted by molar-refractivity contribution is -0.120. The van der Waals surface area contributed by atoms with E-state index >= 15 is 0 Å². The van der Waals surface area contributed by atoms with Crippen molar-refractivity contribution in [2.24, 2.45) is 5.73 Å². The summed E-state index contributed by atoms with van der Waals surface area (Å²) in [6.45, 7) is 1.69. The average Bonchev–Trinajstić information content (AvgIpc) is 3.08. The van der Waals surface area contributed by atoms with Crippen LogP contribution in [0.15, 0.2) is 48.5 Å². The van der Waals surface area contributed by atoms with Crippen LogP contribution in [0.1, 0.15) is 29.2 Å². The van der Waals surface area contributed by atoms with Crippen LogP contribution in [0.25, 0.3) is 5.69 Å². The molecular formula is C22H22N4O4. The number of nitrogens with two attached hydrogens (primary N) is 1. The third-order valence-corrected chi connectivity index (χ3v) is 5.06. The molecule has 0 unspecified atom stereocenters. The maximum Gasteiger partial charge on any atom is 0.255 e. The van der Waals surface area contributed by atoms with Crippen LogP contribution >= 0.6 is 0 Å². The van der Waals surface area contributed by atoms with Gasteiger partial charge in [-0.25, -0.2) is 4.68 Å². The van der Waals surface area contributed by atoms with Gasteiger partial charge in [-0.1, -0.05) is 24.3 Å². The molecule has 4 rings (SSSR count). The minimum Gasteiger partial charge on any atom is -0.493 e. The number of carbonyl (C=O) groups is 2. The van der Waals surface area contributed by atoms with E-state index in [0.717, 1.165) is 22.5 Å². The van der Waals surface area contributed by atoms with Gasteiger partial charge in [0.05, 0.1) is 18.5 Å². The Kier molecular flexibility index (Phi) is 5.14. The molecule has 2 aromatic carbocycles. The van der Waals surface area contributed by atoms with Gasteiger partial charge in [-0.2, -0.15) is 5.10 Å². The fourth-order valence-corrected chi connectivity index (χ4v) is 3.76. The molecule has 0 fully saturated rings. The van der Waals surface area contributed by atoms with Crippen LogP contribution in [0.4, 0.5) is 5.82 Å². The number of amides is 2. The van der Waals surface area contributed by atoms with E-state index in [9.17, 15) is 9.59 Å². The molecule has 0 saturated heterocycles. The largest absolute Gasteiger partial charge is 0.493 e. The highest BCUT2D eigenvalue weighted by atomic mass is 16.5. The number of aromatic nitrogens is 2. The summed E-state index contributed by atoms with van der Waals surface area (Å²) >= 11 is 0. The molecule has 0 saturated carbocycles. The van der Waals surface area contributed by atoms with Crippen molar-refractivity contribution < 1.29 is 19.1 Å². The van der Waals surface area contributed by atoms with E-state index in [0.29, 0.717) is 23.7 Å². The Hall–Kier alpha value is -3.81. The van der Waals surface area contributed by atoms with E-state index in [1.807, 2.05) is 49.4 Å². The van der Waals surface area contributed by atoms with E-state index in [1.54, 1.807) is 10.7 Å². The Morgan fingerprint density at radius 3 is 2.70 bits per heavy atom. The summed E-state index contributed by atoms with van der Waals surface area (Å²) in [6, 6.07) is 15.1. The SMILES string of the molecule is COc1cc([C@H]2CC(=O)Nc3c2c(C)nn3-c2ccccc2)ccc1OCC(N)=O. The standard InChI is InChI=1S/C22H22N4O4/c1-13-21-16(14-8-9-17(18(10-14)29-2)30-12-19(23)27)11-20(28)24-22(21)26(25-13)15-6-4-3-5-7-15/h3-10,16H,11-12H2,1-2H3,(H2,23,27)(H,24,28)/t16-/m1/s1. The number of rotatable bonds is 6. The molecule has 1 aliphatic rings. The van der Waals surface area contributed by atoms with Crippen molar-refractivity contribution >= 4 is 17.6 Å². The number of hydrogen-bond acceptors (Lipinski definition) is 5. The van der Waals surface area contributed by atoms with Crippen molar-refractivity contribution in [3.8, 4) is 17.2 Å². The van der Waals surface area contributed by atoms with Gasteiger partial charge in [0.25, 0.3) is 5.91 Å². The number of ether oxygens (including phenoxy) is 2. The van der Waals surface area contributed by atoms with Crippen LogP contribution < -0.4 is 20.5 Å². The van der Waals surface area contributed by atoms with Gasteiger partial charge >= 0.3 is 0 Å². The maximum atomic E-state index is 12.5. The second kappa shape index (κ2) is 7.90. The molecule has 154 valence electrons. The van der Waals surface area contributed by atoms with Crippen molar-refractivity contribution in [2.75, 3.05) is 19.0 Å². The molecule has 0 radical (unpaired) electrons. The van der Waals surface area contributed by atoms with Crippen molar-refractivity contribution in [1.29, 1.82) is 0 Å². The molecule has 1 atom stereocenters. The van der Waals surface area contributed by atoms with Crippen LogP contribution in [0.3, 0.4) is 0 Å². The number of methoxy groups -OCH3 is 1. The average molecular weight is 406 g/mol. The van der Waals surface area contributed by atoms with E-state index in [1.165, 1.54) is 7.11 Å². The lowest BCUT2D eigenvalue weighted by Crippen LogP contribution is -2.25. The number of nitrogens with one attached hydrogen (secondary N) is 1. The Balaban J connectivity index is 1.76. The van der Waals surface area contributed by atoms with E-state index in [4.69, 9.17) is 15.2 Å². The first-order chi connectivity index (χ1) is 14.5. The topological polar surface area (TPSA) is 108 Å². The Morgan fingerprint density at radius 1 is 1.23 bits per heavy atom. The smallest absolute Gasteiger partial charge is 0.255 e. The van der Waals surface area contributed by atoms with Crippen molar-refractivity contribution in [2.45, 2.75) is 19.3 Å². The van der Waals surface area contributed by atoms with Gasteiger partial charge in [-0.3, -0.25) is 9.59 Å². The van der Waals surface area contributed by atoms with E-state index in [2.05, 4.69) is 10.4 Å². The lowest BCUT2D eigenvalue weighted by Gasteiger charge is -2.25. The summed E-state index contributed by atoms with van der Waals surface area (Å²) < 4.78 is 12.6. The molecule has 2 amide bonds. The highest BCUT2D eigenvalue weighted by Crippen LogP contribution is 2.42. The molecule has 1 aliphatic heterocycles. The van der Waals surface area contributed by atoms with Crippen molar-refractivity contribution in [3.05, 3.63) is 65.4 Å². The number of anilines is 1. The molecule has 8 heteroatoms. The zero-order valence-corrected chi connectivity index (χ0v) is 16.7. The highest BCUT2D eigenvalue weighted by molar-refractivity contribution is 5.95. The number of hydrogen-bond donors (Lipinski definition) is 2. The fourth-order valence-electron chi connectivity index (χ4n) is 3.76. The van der Waals surface area contributed by atoms with Crippen LogP contribution in [0, 0.1) is 6.92 Å². The molecule has 30 heavy (non-hydrogen) atoms. The third-order valence-electron chi connectivity index (χ3n) is 5.06. The van der Waals surface area contributed by atoms with Gasteiger partial charge in [0.1, 0.15) is 5.82 Å². The summed E-state index contributed by atoms with van der Waals surface area (Å²) in [5.41, 5.74) is 8.72. The molecule has 3 aromatic rings. The summed E-state index contributed by atoms with van der Waals surface area (Å²) in [7, 11) is 1.52. The molecule has 0 spiro atoms. The first-order valence-corrected chi connectivity index (χ1v) is 9.51. The second-order valence-corrected chi connectivity index (χ2v) is 7.07. The first-order valence-electron chi connectivity index (χ1n) is 9.51. The Labute approximate surface area is 173 Å². The predicted octanol–water partition coefficient (Wildman–Crippen LogP) is 2.53. The van der Waals surface area contributed by atoms with Gasteiger partial charge in [-0.15, -0.1) is 0 Å². The molecule has 1 aromatic heterocycles. The van der Waals surface area contributed by atoms with Gasteiger partial charge in [0.15, 0.2) is 18.1 Å². The normalized spacial score (nSPS) is 15.3. The Morgan fingerprint density at radius 2 is 2.00 bits per heavy atom. The predicted molar refractivity (Wildman–Crippen MR) is 111 cm³/mol. The molecule has 0 bridgehead atoms. The van der Waals surface area contributed by atoms with Crippen LogP contribution in [-0.4, -0.2) is 35.3 Å². The third kappa shape index (κ3) is 3.59. The summed E-state index contributed by atoms with van der Waals surface area (Å²) in [6.07, 6.45) is 0.291. The maximum absolute atomic E-state index is 12.5. The van der Waals surface area contributed by atoms with Gasteiger partial charge in [-0.05, 0) is 36.8 Å².